The molecule has 0 spiro atoms. The lowest BCUT2D eigenvalue weighted by Crippen LogP contribution is -2.06. The van der Waals surface area contributed by atoms with Crippen molar-refractivity contribution in [1.82, 2.24) is 0 Å². The van der Waals surface area contributed by atoms with E-state index in [0.29, 0.717) is 12.1 Å². The highest BCUT2D eigenvalue weighted by Gasteiger charge is 2.19. The van der Waals surface area contributed by atoms with Crippen LogP contribution in [0.5, 0.6) is 0 Å². The van der Waals surface area contributed by atoms with Crippen LogP contribution in [0.3, 0.4) is 0 Å². The lowest BCUT2D eigenvalue weighted by atomic mass is 10.1. The minimum absolute atomic E-state index is 0.353. The van der Waals surface area contributed by atoms with E-state index in [0.717, 1.165) is 0 Å². The van der Waals surface area contributed by atoms with Crippen LogP contribution in [0.4, 0.5) is 17.6 Å². The van der Waals surface area contributed by atoms with Crippen molar-refractivity contribution in [3.05, 3.63) is 34.9 Å². The Morgan fingerprint density at radius 1 is 1.33 bits per heavy atom. The molecular formula is C9H6F4O2. The maximum atomic E-state index is 13.2. The quantitative estimate of drug-likeness (QED) is 0.798. The lowest BCUT2D eigenvalue weighted by Gasteiger charge is -2.06. The number of rotatable bonds is 3. The Morgan fingerprint density at radius 2 is 1.93 bits per heavy atom. The molecule has 1 N–H and O–H groups in total. The Balaban J connectivity index is 3.21. The molecule has 0 aliphatic rings. The van der Waals surface area contributed by atoms with Gasteiger partial charge in [-0.15, -0.1) is 0 Å². The van der Waals surface area contributed by atoms with Gasteiger partial charge in [0.2, 0.25) is 0 Å². The molecule has 0 saturated heterocycles. The molecule has 0 fully saturated rings. The Bertz CT molecular complexity index is 390. The average Bonchev–Trinajstić information content (AvgIpc) is 2.09. The van der Waals surface area contributed by atoms with Crippen molar-refractivity contribution in [2.45, 2.75) is 12.8 Å². The number of carbonyl (C=O) groups is 1. The summed E-state index contributed by atoms with van der Waals surface area (Å²) in [5.74, 6) is -3.86. The predicted octanol–water partition coefficient (Wildman–Crippen LogP) is 2.53. The van der Waals surface area contributed by atoms with E-state index in [1.165, 1.54) is 0 Å². The molecule has 0 radical (unpaired) electrons. The van der Waals surface area contributed by atoms with E-state index in [9.17, 15) is 22.4 Å². The molecule has 0 atom stereocenters. The molecule has 82 valence electrons. The molecule has 1 rings (SSSR count). The van der Waals surface area contributed by atoms with Gasteiger partial charge < -0.3 is 5.11 Å². The minimum atomic E-state index is -3.17. The molecule has 0 amide bonds. The van der Waals surface area contributed by atoms with Crippen LogP contribution >= 0.6 is 0 Å². The molecule has 0 aliphatic carbocycles. The van der Waals surface area contributed by atoms with Crippen molar-refractivity contribution in [1.29, 1.82) is 0 Å². The molecule has 0 aromatic heterocycles. The van der Waals surface area contributed by atoms with Gasteiger partial charge in [0.25, 0.3) is 6.43 Å². The van der Waals surface area contributed by atoms with Crippen LogP contribution in [0.25, 0.3) is 0 Å². The fourth-order valence-electron chi connectivity index (χ4n) is 1.12. The zero-order valence-electron chi connectivity index (χ0n) is 7.31. The van der Waals surface area contributed by atoms with Gasteiger partial charge in [0, 0.05) is 5.56 Å². The van der Waals surface area contributed by atoms with E-state index in [1.807, 2.05) is 0 Å². The lowest BCUT2D eigenvalue weighted by molar-refractivity contribution is -0.136. The second kappa shape index (κ2) is 4.29. The van der Waals surface area contributed by atoms with E-state index in [4.69, 9.17) is 5.11 Å². The summed E-state index contributed by atoms with van der Waals surface area (Å²) in [7, 11) is 0. The first-order chi connectivity index (χ1) is 6.91. The van der Waals surface area contributed by atoms with E-state index < -0.39 is 41.6 Å². The molecule has 0 unspecified atom stereocenters. The van der Waals surface area contributed by atoms with Crippen LogP contribution in [0.1, 0.15) is 17.6 Å². The summed E-state index contributed by atoms with van der Waals surface area (Å²) in [5, 5.41) is 8.34. The number of halogens is 4. The number of aliphatic carboxylic acids is 1. The Morgan fingerprint density at radius 3 is 2.40 bits per heavy atom. The Kier molecular flexibility index (Phi) is 3.28. The van der Waals surface area contributed by atoms with Gasteiger partial charge in [-0.2, -0.15) is 0 Å². The summed E-state index contributed by atoms with van der Waals surface area (Å²) in [6, 6.07) is 0.945. The summed E-state index contributed by atoms with van der Waals surface area (Å²) in [5.41, 5.74) is -1.70. The van der Waals surface area contributed by atoms with Crippen molar-refractivity contribution in [3.63, 3.8) is 0 Å². The fourth-order valence-corrected chi connectivity index (χ4v) is 1.12. The number of hydrogen-bond acceptors (Lipinski definition) is 1. The molecule has 1 aromatic carbocycles. The highest BCUT2D eigenvalue weighted by Crippen LogP contribution is 2.25. The van der Waals surface area contributed by atoms with Crippen molar-refractivity contribution in [2.24, 2.45) is 0 Å². The van der Waals surface area contributed by atoms with Gasteiger partial charge in [-0.05, 0) is 12.1 Å². The maximum Gasteiger partial charge on any atom is 0.307 e. The van der Waals surface area contributed by atoms with Gasteiger partial charge in [0.05, 0.1) is 12.0 Å². The highest BCUT2D eigenvalue weighted by atomic mass is 19.3. The molecule has 0 saturated carbocycles. The number of benzene rings is 1. The van der Waals surface area contributed by atoms with Crippen LogP contribution in [0.15, 0.2) is 12.1 Å². The number of carboxylic acids is 1. The molecule has 0 bridgehead atoms. The van der Waals surface area contributed by atoms with Crippen LogP contribution in [0, 0.1) is 11.6 Å². The van der Waals surface area contributed by atoms with E-state index in [1.54, 1.807) is 0 Å². The van der Waals surface area contributed by atoms with E-state index in [-0.39, 0.29) is 0 Å². The van der Waals surface area contributed by atoms with Crippen molar-refractivity contribution < 1.29 is 27.5 Å². The first-order valence-electron chi connectivity index (χ1n) is 3.89. The van der Waals surface area contributed by atoms with Crippen LogP contribution in [0.2, 0.25) is 0 Å². The number of alkyl halides is 2. The topological polar surface area (TPSA) is 37.3 Å². The first kappa shape index (κ1) is 11.5. The summed E-state index contributed by atoms with van der Waals surface area (Å²) < 4.78 is 50.2. The average molecular weight is 222 g/mol. The third-order valence-corrected chi connectivity index (χ3v) is 1.72. The number of carboxylic acid groups (broad SMARTS) is 1. The third kappa shape index (κ3) is 2.68. The SMILES string of the molecule is O=C(O)Cc1cc(F)cc(C(F)F)c1F. The number of hydrogen-bond donors (Lipinski definition) is 1. The summed E-state index contributed by atoms with van der Waals surface area (Å²) in [6.45, 7) is 0. The van der Waals surface area contributed by atoms with Gasteiger partial charge >= 0.3 is 5.97 Å². The van der Waals surface area contributed by atoms with Crippen LogP contribution < -0.4 is 0 Å². The summed E-state index contributed by atoms with van der Waals surface area (Å²) in [4.78, 5) is 10.2. The third-order valence-electron chi connectivity index (χ3n) is 1.72. The molecule has 15 heavy (non-hydrogen) atoms. The van der Waals surface area contributed by atoms with Gasteiger partial charge in [0.15, 0.2) is 0 Å². The summed E-state index contributed by atoms with van der Waals surface area (Å²) >= 11 is 0. The molecular weight excluding hydrogens is 216 g/mol. The zero-order valence-corrected chi connectivity index (χ0v) is 7.31. The standard InChI is InChI=1S/C9H6F4O2/c10-5-1-4(2-7(14)15)8(11)6(3-5)9(12)13/h1,3,9H,2H2,(H,14,15). The second-order valence-corrected chi connectivity index (χ2v) is 2.84. The molecule has 2 nitrogen and oxygen atoms in total. The predicted molar refractivity (Wildman–Crippen MR) is 42.7 cm³/mol. The Hall–Kier alpha value is -1.59. The van der Waals surface area contributed by atoms with E-state index >= 15 is 0 Å². The van der Waals surface area contributed by atoms with Crippen molar-refractivity contribution in [3.8, 4) is 0 Å². The normalized spacial score (nSPS) is 10.7. The smallest absolute Gasteiger partial charge is 0.307 e. The Labute approximate surface area is 82.1 Å². The first-order valence-corrected chi connectivity index (χ1v) is 3.89. The van der Waals surface area contributed by atoms with Crippen molar-refractivity contribution in [2.75, 3.05) is 0 Å². The summed E-state index contributed by atoms with van der Waals surface area (Å²) in [6.07, 6.45) is -4.00. The molecule has 0 heterocycles. The van der Waals surface area contributed by atoms with E-state index in [2.05, 4.69) is 0 Å². The molecule has 0 aliphatic heterocycles. The monoisotopic (exact) mass is 222 g/mol. The van der Waals surface area contributed by atoms with Gasteiger partial charge in [-0.25, -0.2) is 17.6 Å². The van der Waals surface area contributed by atoms with Crippen LogP contribution in [-0.4, -0.2) is 11.1 Å². The highest BCUT2D eigenvalue weighted by molar-refractivity contribution is 5.70. The largest absolute Gasteiger partial charge is 0.481 e. The maximum absolute atomic E-state index is 13.2. The molecule has 1 aromatic rings. The zero-order chi connectivity index (χ0) is 11.6. The van der Waals surface area contributed by atoms with Crippen LogP contribution in [-0.2, 0) is 11.2 Å². The minimum Gasteiger partial charge on any atom is -0.481 e. The fraction of sp³-hybridized carbons (Fsp3) is 0.222. The van der Waals surface area contributed by atoms with Gasteiger partial charge in [0.1, 0.15) is 11.6 Å². The van der Waals surface area contributed by atoms with Crippen molar-refractivity contribution >= 4 is 5.97 Å². The molecule has 6 heteroatoms. The van der Waals surface area contributed by atoms with Gasteiger partial charge in [-0.1, -0.05) is 0 Å². The second-order valence-electron chi connectivity index (χ2n) is 2.84. The van der Waals surface area contributed by atoms with Gasteiger partial charge in [-0.3, -0.25) is 4.79 Å².